The maximum atomic E-state index is 12.2. The average Bonchev–Trinajstić information content (AvgIpc) is 2.25. The molecule has 0 saturated carbocycles. The summed E-state index contributed by atoms with van der Waals surface area (Å²) in [6.45, 7) is 2.21. The van der Waals surface area contributed by atoms with E-state index in [-0.39, 0.29) is 12.3 Å². The van der Waals surface area contributed by atoms with Gasteiger partial charge in [-0.15, -0.1) is 0 Å². The van der Waals surface area contributed by atoms with E-state index in [0.29, 0.717) is 12.8 Å². The van der Waals surface area contributed by atoms with Crippen LogP contribution < -0.4 is 0 Å². The monoisotopic (exact) mass is 235 g/mol. The first-order valence-electron chi connectivity index (χ1n) is 4.74. The Morgan fingerprint density at radius 1 is 1.44 bits per heavy atom. The van der Waals surface area contributed by atoms with Gasteiger partial charge in [-0.2, -0.15) is 13.2 Å². The van der Waals surface area contributed by atoms with Gasteiger partial charge in [0.1, 0.15) is 6.10 Å². The lowest BCUT2D eigenvalue weighted by atomic mass is 10.2. The summed E-state index contributed by atoms with van der Waals surface area (Å²) in [6, 6.07) is 2.03. The van der Waals surface area contributed by atoms with Crippen molar-refractivity contribution in [2.75, 3.05) is 13.2 Å². The standard InChI is InChI=1S/C10H12F3NO2/c1-2-16-6-9(15)8-4-3-7(5-14-8)10(11,12)13/h3-5,9,15H,2,6H2,1H3. The highest BCUT2D eigenvalue weighted by Gasteiger charge is 2.30. The van der Waals surface area contributed by atoms with Gasteiger partial charge in [0.05, 0.1) is 17.9 Å². The SMILES string of the molecule is CCOCC(O)c1ccc(C(F)(F)F)cn1. The number of rotatable bonds is 4. The molecule has 1 heterocycles. The topological polar surface area (TPSA) is 42.4 Å². The fraction of sp³-hybridized carbons (Fsp3) is 0.500. The van der Waals surface area contributed by atoms with Crippen molar-refractivity contribution in [1.29, 1.82) is 0 Å². The van der Waals surface area contributed by atoms with Crippen LogP contribution in [-0.4, -0.2) is 23.3 Å². The Balaban J connectivity index is 2.71. The van der Waals surface area contributed by atoms with Gasteiger partial charge in [0.2, 0.25) is 0 Å². The summed E-state index contributed by atoms with van der Waals surface area (Å²) < 4.78 is 41.5. The minimum Gasteiger partial charge on any atom is -0.384 e. The number of aromatic nitrogens is 1. The van der Waals surface area contributed by atoms with E-state index in [1.54, 1.807) is 6.92 Å². The number of pyridine rings is 1. The van der Waals surface area contributed by atoms with Crippen molar-refractivity contribution in [2.24, 2.45) is 0 Å². The lowest BCUT2D eigenvalue weighted by Gasteiger charge is -2.11. The van der Waals surface area contributed by atoms with Gasteiger partial charge in [-0.3, -0.25) is 4.98 Å². The molecule has 0 amide bonds. The number of hydrogen-bond donors (Lipinski definition) is 1. The van der Waals surface area contributed by atoms with Crippen molar-refractivity contribution in [2.45, 2.75) is 19.2 Å². The molecule has 0 spiro atoms. The zero-order valence-corrected chi connectivity index (χ0v) is 8.66. The van der Waals surface area contributed by atoms with Gasteiger partial charge in [-0.25, -0.2) is 0 Å². The summed E-state index contributed by atoms with van der Waals surface area (Å²) in [5.41, 5.74) is -0.665. The molecule has 0 saturated heterocycles. The van der Waals surface area contributed by atoms with E-state index in [2.05, 4.69) is 4.98 Å². The van der Waals surface area contributed by atoms with Crippen molar-refractivity contribution in [3.05, 3.63) is 29.6 Å². The average molecular weight is 235 g/mol. The fourth-order valence-corrected chi connectivity index (χ4v) is 1.08. The van der Waals surface area contributed by atoms with Crippen LogP contribution in [0.1, 0.15) is 24.3 Å². The van der Waals surface area contributed by atoms with Crippen molar-refractivity contribution in [3.8, 4) is 0 Å². The molecular formula is C10H12F3NO2. The van der Waals surface area contributed by atoms with Crippen molar-refractivity contribution in [3.63, 3.8) is 0 Å². The number of hydrogen-bond acceptors (Lipinski definition) is 3. The van der Waals surface area contributed by atoms with Crippen LogP contribution in [0.3, 0.4) is 0 Å². The first-order chi connectivity index (χ1) is 7.45. The molecule has 1 aromatic rings. The molecular weight excluding hydrogens is 223 g/mol. The molecule has 1 atom stereocenters. The van der Waals surface area contributed by atoms with E-state index in [1.165, 1.54) is 0 Å². The third kappa shape index (κ3) is 3.46. The maximum Gasteiger partial charge on any atom is 0.417 e. The van der Waals surface area contributed by atoms with Gasteiger partial charge < -0.3 is 9.84 Å². The third-order valence-electron chi connectivity index (χ3n) is 1.93. The highest BCUT2D eigenvalue weighted by Crippen LogP contribution is 2.28. The van der Waals surface area contributed by atoms with E-state index in [1.807, 2.05) is 0 Å². The molecule has 90 valence electrons. The molecule has 1 N–H and O–H groups in total. The second kappa shape index (κ2) is 5.27. The summed E-state index contributed by atoms with van der Waals surface area (Å²) in [5.74, 6) is 0. The largest absolute Gasteiger partial charge is 0.417 e. The number of ether oxygens (including phenoxy) is 1. The number of aliphatic hydroxyl groups is 1. The Bertz CT molecular complexity index is 324. The van der Waals surface area contributed by atoms with Gasteiger partial charge in [-0.1, -0.05) is 0 Å². The van der Waals surface area contributed by atoms with Gasteiger partial charge in [0.15, 0.2) is 0 Å². The number of alkyl halides is 3. The number of nitrogens with zero attached hydrogens (tertiary/aromatic N) is 1. The van der Waals surface area contributed by atoms with Crippen LogP contribution in [-0.2, 0) is 10.9 Å². The molecule has 3 nitrogen and oxygen atoms in total. The van der Waals surface area contributed by atoms with Gasteiger partial charge in [-0.05, 0) is 19.1 Å². The predicted molar refractivity (Wildman–Crippen MR) is 50.7 cm³/mol. The molecule has 0 aliphatic rings. The summed E-state index contributed by atoms with van der Waals surface area (Å²) >= 11 is 0. The van der Waals surface area contributed by atoms with Crippen LogP contribution >= 0.6 is 0 Å². The second-order valence-electron chi connectivity index (χ2n) is 3.14. The van der Waals surface area contributed by atoms with Crippen LogP contribution in [0.5, 0.6) is 0 Å². The number of halogens is 3. The zero-order valence-electron chi connectivity index (χ0n) is 8.66. The van der Waals surface area contributed by atoms with E-state index < -0.39 is 17.8 Å². The Morgan fingerprint density at radius 2 is 2.12 bits per heavy atom. The second-order valence-corrected chi connectivity index (χ2v) is 3.14. The lowest BCUT2D eigenvalue weighted by Crippen LogP contribution is -2.11. The maximum absolute atomic E-state index is 12.2. The molecule has 1 rings (SSSR count). The molecule has 6 heteroatoms. The molecule has 0 fully saturated rings. The van der Waals surface area contributed by atoms with Crippen LogP contribution in [0.4, 0.5) is 13.2 Å². The molecule has 1 aromatic heterocycles. The van der Waals surface area contributed by atoms with E-state index >= 15 is 0 Å². The quantitative estimate of drug-likeness (QED) is 0.869. The highest BCUT2D eigenvalue weighted by molar-refractivity contribution is 5.18. The first kappa shape index (κ1) is 12.9. The third-order valence-corrected chi connectivity index (χ3v) is 1.93. The first-order valence-corrected chi connectivity index (χ1v) is 4.74. The molecule has 0 aliphatic heterocycles. The van der Waals surface area contributed by atoms with Crippen LogP contribution in [0.2, 0.25) is 0 Å². The smallest absolute Gasteiger partial charge is 0.384 e. The minimum absolute atomic E-state index is 0.0227. The van der Waals surface area contributed by atoms with E-state index in [9.17, 15) is 18.3 Å². The summed E-state index contributed by atoms with van der Waals surface area (Å²) in [4.78, 5) is 3.55. The minimum atomic E-state index is -4.41. The Kier molecular flexibility index (Phi) is 4.26. The highest BCUT2D eigenvalue weighted by atomic mass is 19.4. The predicted octanol–water partition coefficient (Wildman–Crippen LogP) is 2.17. The summed E-state index contributed by atoms with van der Waals surface area (Å²) in [6.07, 6.45) is -4.71. The van der Waals surface area contributed by atoms with Crippen molar-refractivity contribution >= 4 is 0 Å². The van der Waals surface area contributed by atoms with Crippen LogP contribution in [0.25, 0.3) is 0 Å². The lowest BCUT2D eigenvalue weighted by molar-refractivity contribution is -0.137. The number of aliphatic hydroxyl groups excluding tert-OH is 1. The van der Waals surface area contributed by atoms with Gasteiger partial charge in [0, 0.05) is 12.8 Å². The fourth-order valence-electron chi connectivity index (χ4n) is 1.08. The van der Waals surface area contributed by atoms with Crippen LogP contribution in [0, 0.1) is 0 Å². The molecule has 0 aliphatic carbocycles. The molecule has 0 radical (unpaired) electrons. The van der Waals surface area contributed by atoms with E-state index in [0.717, 1.165) is 12.1 Å². The zero-order chi connectivity index (χ0) is 12.2. The van der Waals surface area contributed by atoms with Crippen LogP contribution in [0.15, 0.2) is 18.3 Å². The Hall–Kier alpha value is -1.14. The molecule has 0 bridgehead atoms. The van der Waals surface area contributed by atoms with Gasteiger partial charge in [0.25, 0.3) is 0 Å². The normalized spacial score (nSPS) is 13.8. The van der Waals surface area contributed by atoms with Crippen molar-refractivity contribution < 1.29 is 23.0 Å². The molecule has 16 heavy (non-hydrogen) atoms. The molecule has 1 unspecified atom stereocenters. The van der Waals surface area contributed by atoms with E-state index in [4.69, 9.17) is 4.74 Å². The summed E-state index contributed by atoms with van der Waals surface area (Å²) in [7, 11) is 0. The molecule has 0 aromatic carbocycles. The Labute approximate surface area is 90.9 Å². The van der Waals surface area contributed by atoms with Gasteiger partial charge >= 0.3 is 6.18 Å². The summed E-state index contributed by atoms with van der Waals surface area (Å²) in [5, 5.41) is 9.48. The Morgan fingerprint density at radius 3 is 2.56 bits per heavy atom. The van der Waals surface area contributed by atoms with Crippen molar-refractivity contribution in [1.82, 2.24) is 4.98 Å².